The van der Waals surface area contributed by atoms with Crippen molar-refractivity contribution in [2.75, 3.05) is 13.2 Å². The van der Waals surface area contributed by atoms with Gasteiger partial charge in [0, 0.05) is 25.1 Å². The van der Waals surface area contributed by atoms with Gasteiger partial charge in [-0.1, -0.05) is 12.8 Å². The number of thiazole rings is 1. The van der Waals surface area contributed by atoms with Gasteiger partial charge in [-0.25, -0.2) is 4.98 Å². The number of amides is 2. The summed E-state index contributed by atoms with van der Waals surface area (Å²) in [6.45, 7) is 0.212. The summed E-state index contributed by atoms with van der Waals surface area (Å²) in [4.78, 5) is 49.7. The summed E-state index contributed by atoms with van der Waals surface area (Å²) in [7, 11) is 0. The highest BCUT2D eigenvalue weighted by Gasteiger charge is 2.53. The van der Waals surface area contributed by atoms with Crippen LogP contribution in [0.2, 0.25) is 0 Å². The zero-order valence-electron chi connectivity index (χ0n) is 17.3. The number of Topliss-reactive ketones (excluding diaryl/α,β-unsaturated/α-hetero) is 1. The highest BCUT2D eigenvalue weighted by atomic mass is 35.5. The second-order valence-electron chi connectivity index (χ2n) is 8.45. The van der Waals surface area contributed by atoms with Crippen LogP contribution in [0.1, 0.15) is 35.5 Å². The second-order valence-corrected chi connectivity index (χ2v) is 10.0. The number of hydrogen-bond donors (Lipinski definition) is 1. The number of hydrogen-bond acceptors (Lipinski definition) is 7. The Bertz CT molecular complexity index is 1030. The molecule has 5 rings (SSSR count). The van der Waals surface area contributed by atoms with Gasteiger partial charge in [0.1, 0.15) is 24.8 Å². The minimum absolute atomic E-state index is 0.0244. The number of alkyl halides is 1. The van der Waals surface area contributed by atoms with E-state index in [-0.39, 0.29) is 36.7 Å². The summed E-state index contributed by atoms with van der Waals surface area (Å²) in [6.07, 6.45) is 8.28. The van der Waals surface area contributed by atoms with E-state index in [1.54, 1.807) is 18.6 Å². The minimum Gasteiger partial charge on any atom is -0.366 e. The van der Waals surface area contributed by atoms with Crippen LogP contribution >= 0.6 is 22.9 Å². The number of nitrogens with one attached hydrogen (secondary N) is 1. The number of ether oxygens (including phenoxy) is 1. The number of rotatable bonds is 5. The van der Waals surface area contributed by atoms with E-state index in [4.69, 9.17) is 16.3 Å². The van der Waals surface area contributed by atoms with Gasteiger partial charge in [0.05, 0.1) is 10.3 Å². The van der Waals surface area contributed by atoms with E-state index < -0.39 is 23.6 Å². The van der Waals surface area contributed by atoms with E-state index in [2.05, 4.69) is 15.3 Å². The molecule has 4 heterocycles. The van der Waals surface area contributed by atoms with E-state index in [0.29, 0.717) is 5.01 Å². The van der Waals surface area contributed by atoms with Crippen LogP contribution in [-0.2, 0) is 14.3 Å². The molecule has 2 saturated heterocycles. The largest absolute Gasteiger partial charge is 0.366 e. The molecule has 8 nitrogen and oxygen atoms in total. The average molecular weight is 475 g/mol. The molecule has 2 amide bonds. The molecule has 1 saturated carbocycles. The van der Waals surface area contributed by atoms with Crippen molar-refractivity contribution in [3.8, 4) is 10.4 Å². The average Bonchev–Trinajstić information content (AvgIpc) is 3.59. The van der Waals surface area contributed by atoms with Crippen molar-refractivity contribution < 1.29 is 19.1 Å². The molecular formula is C22H23ClN4O4S. The number of halogens is 1. The van der Waals surface area contributed by atoms with Crippen LogP contribution in [0.3, 0.4) is 0 Å². The molecule has 0 bridgehead atoms. The molecule has 4 atom stereocenters. The first-order chi connectivity index (χ1) is 15.5. The third-order valence-corrected chi connectivity index (χ3v) is 7.93. The molecule has 1 aliphatic carbocycles. The van der Waals surface area contributed by atoms with Crippen LogP contribution in [0.25, 0.3) is 10.4 Å². The van der Waals surface area contributed by atoms with E-state index >= 15 is 0 Å². The summed E-state index contributed by atoms with van der Waals surface area (Å²) < 4.78 is 5.51. The third kappa shape index (κ3) is 3.93. The fourth-order valence-electron chi connectivity index (χ4n) is 4.91. The van der Waals surface area contributed by atoms with Crippen molar-refractivity contribution in [3.05, 3.63) is 35.7 Å². The van der Waals surface area contributed by atoms with E-state index in [1.165, 1.54) is 16.2 Å². The monoisotopic (exact) mass is 474 g/mol. The van der Waals surface area contributed by atoms with Crippen molar-refractivity contribution in [2.24, 2.45) is 5.92 Å². The minimum atomic E-state index is -0.714. The topological polar surface area (TPSA) is 101 Å². The first kappa shape index (κ1) is 21.5. The number of fused-ring (bicyclic) bond motifs is 1. The lowest BCUT2D eigenvalue weighted by atomic mass is 9.96. The predicted molar refractivity (Wildman–Crippen MR) is 118 cm³/mol. The third-order valence-electron chi connectivity index (χ3n) is 6.49. The maximum Gasteiger partial charge on any atom is 0.280 e. The van der Waals surface area contributed by atoms with Gasteiger partial charge in [0.15, 0.2) is 10.8 Å². The van der Waals surface area contributed by atoms with Crippen molar-refractivity contribution in [1.82, 2.24) is 20.2 Å². The van der Waals surface area contributed by atoms with E-state index in [0.717, 1.165) is 36.1 Å². The smallest absolute Gasteiger partial charge is 0.280 e. The second kappa shape index (κ2) is 8.88. The Morgan fingerprint density at radius 3 is 2.75 bits per heavy atom. The zero-order valence-corrected chi connectivity index (χ0v) is 18.8. The molecule has 168 valence electrons. The Labute approximate surface area is 194 Å². The summed E-state index contributed by atoms with van der Waals surface area (Å²) in [6, 6.07) is 2.33. The first-order valence-electron chi connectivity index (χ1n) is 10.8. The summed E-state index contributed by atoms with van der Waals surface area (Å²) in [5.41, 5.74) is 0.927. The summed E-state index contributed by atoms with van der Waals surface area (Å²) in [5.74, 6) is -0.748. The molecule has 0 radical (unpaired) electrons. The molecule has 3 fully saturated rings. The van der Waals surface area contributed by atoms with Crippen LogP contribution < -0.4 is 5.32 Å². The Balaban J connectivity index is 1.36. The van der Waals surface area contributed by atoms with Crippen LogP contribution in [0, 0.1) is 5.92 Å². The Morgan fingerprint density at radius 2 is 2.00 bits per heavy atom. The van der Waals surface area contributed by atoms with E-state index in [9.17, 15) is 14.4 Å². The molecule has 32 heavy (non-hydrogen) atoms. The van der Waals surface area contributed by atoms with E-state index in [1.807, 2.05) is 12.1 Å². The molecule has 2 aromatic rings. The number of ketones is 1. The molecular weight excluding hydrogens is 452 g/mol. The molecule has 0 spiro atoms. The summed E-state index contributed by atoms with van der Waals surface area (Å²) >= 11 is 7.64. The number of aromatic nitrogens is 2. The lowest BCUT2D eigenvalue weighted by Crippen LogP contribution is -2.54. The lowest BCUT2D eigenvalue weighted by Gasteiger charge is -2.30. The normalized spacial score (nSPS) is 26.3. The van der Waals surface area contributed by atoms with Crippen molar-refractivity contribution >= 4 is 40.5 Å². The Kier molecular flexibility index (Phi) is 5.96. The molecule has 10 heteroatoms. The highest BCUT2D eigenvalue weighted by molar-refractivity contribution is 7.17. The van der Waals surface area contributed by atoms with Crippen LogP contribution in [0.15, 0.2) is 30.7 Å². The van der Waals surface area contributed by atoms with Crippen LogP contribution in [-0.4, -0.2) is 69.2 Å². The fraction of sp³-hybridized carbons (Fsp3) is 0.500. The molecule has 0 aromatic carbocycles. The quantitative estimate of drug-likeness (QED) is 0.667. The van der Waals surface area contributed by atoms with Crippen molar-refractivity contribution in [3.63, 3.8) is 0 Å². The summed E-state index contributed by atoms with van der Waals surface area (Å²) in [5, 5.41) is 2.80. The SMILES string of the molecule is O=C(N[C@H](C(=O)N1C[C@H](Cl)[C@H]2OCC(=O)[C@H]21)C1CCCC1)c1ncc(-c2ccncc2)s1. The number of pyridine rings is 1. The number of nitrogens with zero attached hydrogens (tertiary/aromatic N) is 3. The van der Waals surface area contributed by atoms with Gasteiger partial charge >= 0.3 is 0 Å². The molecule has 2 aliphatic heterocycles. The lowest BCUT2D eigenvalue weighted by molar-refractivity contribution is -0.139. The number of carbonyl (C=O) groups excluding carboxylic acids is 3. The number of likely N-dealkylation sites (tertiary alicyclic amines) is 1. The standard InChI is InChI=1S/C22H23ClN4O4S/c23-14-10-27(18-15(28)11-31-19(14)18)22(30)17(13-3-1-2-4-13)26-20(29)21-25-9-16(32-21)12-5-7-24-8-6-12/h5-9,13-14,17-19H,1-4,10-11H2,(H,26,29)/t14-,17-,18+,19+/m0/s1. The van der Waals surface area contributed by atoms with Crippen molar-refractivity contribution in [1.29, 1.82) is 0 Å². The van der Waals surface area contributed by atoms with Gasteiger partial charge in [-0.2, -0.15) is 0 Å². The first-order valence-corrected chi connectivity index (χ1v) is 12.0. The maximum atomic E-state index is 13.6. The molecule has 0 unspecified atom stereocenters. The van der Waals surface area contributed by atoms with Gasteiger partial charge in [0.2, 0.25) is 5.91 Å². The Morgan fingerprint density at radius 1 is 1.25 bits per heavy atom. The van der Waals surface area contributed by atoms with Crippen molar-refractivity contribution in [2.45, 2.75) is 49.2 Å². The van der Waals surface area contributed by atoms with Gasteiger partial charge in [0.25, 0.3) is 5.91 Å². The molecule has 2 aromatic heterocycles. The zero-order chi connectivity index (χ0) is 22.2. The predicted octanol–water partition coefficient (Wildman–Crippen LogP) is 2.28. The van der Waals surface area contributed by atoms with Crippen LogP contribution in [0.5, 0.6) is 0 Å². The highest BCUT2D eigenvalue weighted by Crippen LogP contribution is 2.34. The molecule has 3 aliphatic rings. The number of carbonyl (C=O) groups is 3. The van der Waals surface area contributed by atoms with Gasteiger partial charge < -0.3 is 15.0 Å². The fourth-order valence-corrected chi connectivity index (χ4v) is 6.09. The van der Waals surface area contributed by atoms with Gasteiger partial charge in [-0.3, -0.25) is 19.4 Å². The molecule has 1 N–H and O–H groups in total. The van der Waals surface area contributed by atoms with Gasteiger partial charge in [-0.15, -0.1) is 22.9 Å². The van der Waals surface area contributed by atoms with Gasteiger partial charge in [-0.05, 0) is 36.5 Å². The van der Waals surface area contributed by atoms with Crippen LogP contribution in [0.4, 0.5) is 0 Å². The maximum absolute atomic E-state index is 13.6. The Hall–Kier alpha value is -2.36.